The second-order valence-corrected chi connectivity index (χ2v) is 3.47. The first kappa shape index (κ1) is 6.23. The molecule has 3 rings (SSSR count). The van der Waals surface area contributed by atoms with Crippen molar-refractivity contribution in [3.63, 3.8) is 0 Å². The molecule has 0 saturated heterocycles. The van der Waals surface area contributed by atoms with Crippen LogP contribution in [0.15, 0.2) is 21.3 Å². The fraction of sp³-hybridized carbons (Fsp3) is 0.300. The van der Waals surface area contributed by atoms with Gasteiger partial charge in [0.05, 0.1) is 0 Å². The van der Waals surface area contributed by atoms with Crippen LogP contribution >= 0.6 is 0 Å². The van der Waals surface area contributed by atoms with Crippen molar-refractivity contribution in [1.29, 1.82) is 0 Å². The highest BCUT2D eigenvalue weighted by Gasteiger charge is 2.34. The van der Waals surface area contributed by atoms with Gasteiger partial charge in [0.15, 0.2) is 0 Å². The van der Waals surface area contributed by atoms with Gasteiger partial charge in [0, 0.05) is 11.3 Å². The Balaban J connectivity index is 2.45. The summed E-state index contributed by atoms with van der Waals surface area (Å²) in [4.78, 5) is 10.9. The average Bonchev–Trinajstić information content (AvgIpc) is 2.77. The van der Waals surface area contributed by atoms with E-state index in [-0.39, 0.29) is 5.63 Å². The number of hydrogen-bond acceptors (Lipinski definition) is 2. The van der Waals surface area contributed by atoms with E-state index in [1.165, 1.54) is 12.5 Å². The Bertz CT molecular complexity index is 495. The van der Waals surface area contributed by atoms with Crippen molar-refractivity contribution in [2.75, 3.05) is 0 Å². The molecule has 1 heterocycles. The van der Waals surface area contributed by atoms with Crippen LogP contribution in [0.2, 0.25) is 0 Å². The highest BCUT2D eigenvalue weighted by Crippen LogP contribution is 2.41. The van der Waals surface area contributed by atoms with Crippen molar-refractivity contribution in [1.82, 2.24) is 0 Å². The molecule has 0 spiro atoms. The molecule has 2 aliphatic rings. The van der Waals surface area contributed by atoms with E-state index in [4.69, 9.17) is 4.42 Å². The van der Waals surface area contributed by atoms with Crippen LogP contribution in [0.3, 0.4) is 0 Å². The van der Waals surface area contributed by atoms with Crippen molar-refractivity contribution in [2.24, 2.45) is 11.8 Å². The third-order valence-electron chi connectivity index (χ3n) is 2.54. The van der Waals surface area contributed by atoms with Gasteiger partial charge < -0.3 is 4.42 Å². The van der Waals surface area contributed by atoms with Gasteiger partial charge in [-0.25, -0.2) is 4.79 Å². The minimum Gasteiger partial charge on any atom is -0.423 e. The van der Waals surface area contributed by atoms with Crippen LogP contribution in [0.5, 0.6) is 0 Å². The van der Waals surface area contributed by atoms with Gasteiger partial charge in [-0.05, 0) is 30.4 Å². The third-order valence-corrected chi connectivity index (χ3v) is 2.54. The molecule has 60 valence electrons. The van der Waals surface area contributed by atoms with Crippen LogP contribution in [0.1, 0.15) is 6.42 Å². The molecule has 1 fully saturated rings. The highest BCUT2D eigenvalue weighted by atomic mass is 16.4. The Morgan fingerprint density at radius 3 is 3.00 bits per heavy atom. The molecule has 0 amide bonds. The van der Waals surface area contributed by atoms with Crippen LogP contribution in [-0.4, -0.2) is 0 Å². The van der Waals surface area contributed by atoms with E-state index in [1.54, 1.807) is 0 Å². The van der Waals surface area contributed by atoms with E-state index < -0.39 is 0 Å². The fourth-order valence-corrected chi connectivity index (χ4v) is 1.75. The summed E-state index contributed by atoms with van der Waals surface area (Å²) in [6, 6.07) is 3.32. The first-order valence-corrected chi connectivity index (χ1v) is 4.17. The predicted octanol–water partition coefficient (Wildman–Crippen LogP) is -0.149. The van der Waals surface area contributed by atoms with Crippen molar-refractivity contribution in [3.05, 3.63) is 33.2 Å². The van der Waals surface area contributed by atoms with Gasteiger partial charge in [-0.3, -0.25) is 0 Å². The van der Waals surface area contributed by atoms with Crippen LogP contribution in [0.25, 0.3) is 12.2 Å². The van der Waals surface area contributed by atoms with Gasteiger partial charge in [-0.1, -0.05) is 6.08 Å². The Morgan fingerprint density at radius 1 is 1.25 bits per heavy atom. The second kappa shape index (κ2) is 1.89. The maximum absolute atomic E-state index is 10.9. The van der Waals surface area contributed by atoms with Crippen LogP contribution in [0, 0.1) is 11.8 Å². The zero-order valence-electron chi connectivity index (χ0n) is 6.49. The van der Waals surface area contributed by atoms with Gasteiger partial charge >= 0.3 is 5.63 Å². The quantitative estimate of drug-likeness (QED) is 0.528. The van der Waals surface area contributed by atoms with E-state index >= 15 is 0 Å². The Hall–Kier alpha value is -1.31. The topological polar surface area (TPSA) is 30.2 Å². The van der Waals surface area contributed by atoms with E-state index in [1.807, 2.05) is 6.07 Å². The van der Waals surface area contributed by atoms with Crippen LogP contribution < -0.4 is 16.3 Å². The van der Waals surface area contributed by atoms with Crippen molar-refractivity contribution < 1.29 is 4.42 Å². The lowest BCUT2D eigenvalue weighted by atomic mass is 10.2. The van der Waals surface area contributed by atoms with Gasteiger partial charge in [0.25, 0.3) is 0 Å². The monoisotopic (exact) mass is 160 g/mol. The molecular weight excluding hydrogens is 152 g/mol. The fourth-order valence-electron chi connectivity index (χ4n) is 1.75. The summed E-state index contributed by atoms with van der Waals surface area (Å²) >= 11 is 0. The Kier molecular flexibility index (Phi) is 0.980. The molecule has 0 N–H and O–H groups in total. The van der Waals surface area contributed by atoms with Crippen LogP contribution in [0.4, 0.5) is 0 Å². The van der Waals surface area contributed by atoms with Crippen molar-refractivity contribution in [2.45, 2.75) is 6.42 Å². The normalized spacial score (nSPS) is 29.3. The minimum atomic E-state index is -0.252. The summed E-state index contributed by atoms with van der Waals surface area (Å²) in [5.41, 5.74) is 0.513. The summed E-state index contributed by atoms with van der Waals surface area (Å²) in [6.45, 7) is 0. The average molecular weight is 160 g/mol. The first-order valence-electron chi connectivity index (χ1n) is 4.17. The van der Waals surface area contributed by atoms with Crippen molar-refractivity contribution >= 4 is 12.2 Å². The summed E-state index contributed by atoms with van der Waals surface area (Å²) in [5, 5.41) is 1.08. The molecule has 0 bridgehead atoms. The number of rotatable bonds is 0. The van der Waals surface area contributed by atoms with Gasteiger partial charge in [-0.2, -0.15) is 0 Å². The Morgan fingerprint density at radius 2 is 2.08 bits per heavy atom. The van der Waals surface area contributed by atoms with E-state index in [2.05, 4.69) is 12.2 Å². The number of fused-ring (bicyclic) bond motifs is 2. The SMILES string of the molecule is O=c1ccc2c(o1)=CC1CC1C=2. The maximum Gasteiger partial charge on any atom is 0.336 e. The molecule has 2 nitrogen and oxygen atoms in total. The molecule has 0 aromatic carbocycles. The van der Waals surface area contributed by atoms with E-state index in [9.17, 15) is 4.79 Å². The summed E-state index contributed by atoms with van der Waals surface area (Å²) in [6.07, 6.45) is 5.49. The standard InChI is InChI=1S/C10H8O2/c11-10-2-1-6-3-7-4-8(7)5-9(6)12-10/h1-3,5,7-8H,4H2. The second-order valence-electron chi connectivity index (χ2n) is 3.47. The molecule has 1 aromatic rings. The molecule has 2 unspecified atom stereocenters. The lowest BCUT2D eigenvalue weighted by Crippen LogP contribution is -2.30. The van der Waals surface area contributed by atoms with Crippen LogP contribution in [-0.2, 0) is 0 Å². The molecule has 1 saturated carbocycles. The first-order chi connectivity index (χ1) is 5.83. The largest absolute Gasteiger partial charge is 0.423 e. The maximum atomic E-state index is 10.9. The summed E-state index contributed by atoms with van der Waals surface area (Å²) in [7, 11) is 0. The molecule has 2 atom stereocenters. The predicted molar refractivity (Wildman–Crippen MR) is 44.8 cm³/mol. The number of hydrogen-bond donors (Lipinski definition) is 0. The molecule has 0 radical (unpaired) electrons. The molecule has 0 aliphatic heterocycles. The van der Waals surface area contributed by atoms with E-state index in [0.717, 1.165) is 10.6 Å². The zero-order valence-corrected chi connectivity index (χ0v) is 6.49. The van der Waals surface area contributed by atoms with Gasteiger partial charge in [0.2, 0.25) is 0 Å². The van der Waals surface area contributed by atoms with E-state index in [0.29, 0.717) is 11.8 Å². The lowest BCUT2D eigenvalue weighted by Gasteiger charge is -1.95. The molecule has 2 aliphatic carbocycles. The molecule has 12 heavy (non-hydrogen) atoms. The molecule has 2 heteroatoms. The third kappa shape index (κ3) is 0.779. The van der Waals surface area contributed by atoms with Gasteiger partial charge in [-0.15, -0.1) is 0 Å². The Labute approximate surface area is 68.8 Å². The minimum absolute atomic E-state index is 0.252. The van der Waals surface area contributed by atoms with Crippen molar-refractivity contribution in [3.8, 4) is 0 Å². The molecular formula is C10H8O2. The lowest BCUT2D eigenvalue weighted by molar-refractivity contribution is 0.470. The zero-order chi connectivity index (χ0) is 8.13. The van der Waals surface area contributed by atoms with Gasteiger partial charge in [0.1, 0.15) is 5.42 Å². The highest BCUT2D eigenvalue weighted by molar-refractivity contribution is 5.46. The summed E-state index contributed by atoms with van der Waals surface area (Å²) < 4.78 is 5.05. The smallest absolute Gasteiger partial charge is 0.336 e. The summed E-state index contributed by atoms with van der Waals surface area (Å²) in [5.74, 6) is 1.35. The molecule has 1 aromatic heterocycles.